The number of anilines is 1. The third kappa shape index (κ3) is 3.11. The van der Waals surface area contributed by atoms with Crippen LogP contribution in [0.5, 0.6) is 5.75 Å². The molecular formula is C13H12ClFN2O. The summed E-state index contributed by atoms with van der Waals surface area (Å²) in [6.45, 7) is 0.202. The molecular weight excluding hydrogens is 255 g/mol. The molecule has 0 atom stereocenters. The summed E-state index contributed by atoms with van der Waals surface area (Å²) in [5, 5.41) is 3.34. The third-order valence-electron chi connectivity index (χ3n) is 2.37. The molecule has 5 heteroatoms. The number of nitrogens with zero attached hydrogens (tertiary/aromatic N) is 1. The number of hydrogen-bond donors (Lipinski definition) is 1. The number of rotatable bonds is 4. The molecule has 0 saturated heterocycles. The Bertz CT molecular complexity index is 548. The Morgan fingerprint density at radius 3 is 2.89 bits per heavy atom. The minimum atomic E-state index is -0.479. The second kappa shape index (κ2) is 5.69. The van der Waals surface area contributed by atoms with Crippen LogP contribution in [0.15, 0.2) is 36.5 Å². The van der Waals surface area contributed by atoms with Gasteiger partial charge in [-0.2, -0.15) is 0 Å². The molecule has 1 aromatic carbocycles. The van der Waals surface area contributed by atoms with E-state index in [4.69, 9.17) is 16.3 Å². The summed E-state index contributed by atoms with van der Waals surface area (Å²) in [7, 11) is 1.82. The molecule has 0 spiro atoms. The van der Waals surface area contributed by atoms with Crippen LogP contribution in [0.2, 0.25) is 5.02 Å². The van der Waals surface area contributed by atoms with Crippen molar-refractivity contribution in [3.05, 3.63) is 53.1 Å². The zero-order valence-corrected chi connectivity index (χ0v) is 10.5. The quantitative estimate of drug-likeness (QED) is 0.920. The number of pyridine rings is 1. The molecule has 1 N–H and O–H groups in total. The smallest absolute Gasteiger partial charge is 0.166 e. The highest BCUT2D eigenvalue weighted by molar-refractivity contribution is 6.30. The number of nitrogens with one attached hydrogen (secondary N) is 1. The van der Waals surface area contributed by atoms with Crippen molar-refractivity contribution in [1.29, 1.82) is 0 Å². The molecule has 0 radical (unpaired) electrons. The molecule has 0 amide bonds. The first-order valence-electron chi connectivity index (χ1n) is 5.39. The lowest BCUT2D eigenvalue weighted by Crippen LogP contribution is -2.00. The molecule has 1 aromatic heterocycles. The summed E-state index contributed by atoms with van der Waals surface area (Å²) >= 11 is 5.66. The Labute approximate surface area is 110 Å². The fourth-order valence-electron chi connectivity index (χ4n) is 1.46. The second-order valence-corrected chi connectivity index (χ2v) is 4.09. The standard InChI is InChI=1S/C13H12ClFN2O/c1-16-10-4-5-17-11(7-10)8-18-13-3-2-9(14)6-12(13)15/h2-7H,8H2,1H3,(H,16,17). The first kappa shape index (κ1) is 12.6. The van der Waals surface area contributed by atoms with Crippen LogP contribution >= 0.6 is 11.6 Å². The highest BCUT2D eigenvalue weighted by atomic mass is 35.5. The van der Waals surface area contributed by atoms with E-state index in [0.29, 0.717) is 5.02 Å². The summed E-state index contributed by atoms with van der Waals surface area (Å²) in [6, 6.07) is 7.98. The average Bonchev–Trinajstić information content (AvgIpc) is 2.38. The fraction of sp³-hybridized carbons (Fsp3) is 0.154. The molecule has 0 aliphatic heterocycles. The number of halogens is 2. The van der Waals surface area contributed by atoms with Crippen LogP contribution in [0.25, 0.3) is 0 Å². The van der Waals surface area contributed by atoms with Crippen molar-refractivity contribution in [3.8, 4) is 5.75 Å². The Kier molecular flexibility index (Phi) is 3.99. The van der Waals surface area contributed by atoms with Crippen molar-refractivity contribution < 1.29 is 9.13 Å². The van der Waals surface area contributed by atoms with Gasteiger partial charge in [0.15, 0.2) is 11.6 Å². The highest BCUT2D eigenvalue weighted by Crippen LogP contribution is 2.22. The van der Waals surface area contributed by atoms with Gasteiger partial charge in [-0.25, -0.2) is 4.39 Å². The van der Waals surface area contributed by atoms with Gasteiger partial charge in [0.25, 0.3) is 0 Å². The molecule has 0 aliphatic rings. The van der Waals surface area contributed by atoms with Crippen LogP contribution in [0.4, 0.5) is 10.1 Å². The maximum absolute atomic E-state index is 13.5. The Hall–Kier alpha value is -1.81. The molecule has 0 bridgehead atoms. The maximum atomic E-state index is 13.5. The van der Waals surface area contributed by atoms with E-state index >= 15 is 0 Å². The van der Waals surface area contributed by atoms with E-state index < -0.39 is 5.82 Å². The fourth-order valence-corrected chi connectivity index (χ4v) is 1.62. The van der Waals surface area contributed by atoms with Crippen molar-refractivity contribution in [2.24, 2.45) is 0 Å². The van der Waals surface area contributed by atoms with Crippen LogP contribution in [-0.2, 0) is 6.61 Å². The zero-order chi connectivity index (χ0) is 13.0. The van der Waals surface area contributed by atoms with Gasteiger partial charge in [0.2, 0.25) is 0 Å². The van der Waals surface area contributed by atoms with E-state index in [1.165, 1.54) is 12.1 Å². The number of ether oxygens (including phenoxy) is 1. The topological polar surface area (TPSA) is 34.2 Å². The lowest BCUT2D eigenvalue weighted by atomic mass is 10.3. The van der Waals surface area contributed by atoms with E-state index in [-0.39, 0.29) is 12.4 Å². The van der Waals surface area contributed by atoms with Gasteiger partial charge < -0.3 is 10.1 Å². The van der Waals surface area contributed by atoms with Crippen LogP contribution in [-0.4, -0.2) is 12.0 Å². The number of aromatic nitrogens is 1. The Balaban J connectivity index is 2.06. The van der Waals surface area contributed by atoms with E-state index in [1.54, 1.807) is 12.3 Å². The van der Waals surface area contributed by atoms with Crippen LogP contribution in [0.3, 0.4) is 0 Å². The SMILES string of the molecule is CNc1ccnc(COc2ccc(Cl)cc2F)c1. The van der Waals surface area contributed by atoms with Crippen molar-refractivity contribution in [2.45, 2.75) is 6.61 Å². The number of benzene rings is 1. The van der Waals surface area contributed by atoms with E-state index in [9.17, 15) is 4.39 Å². The second-order valence-electron chi connectivity index (χ2n) is 3.65. The van der Waals surface area contributed by atoms with Crippen molar-refractivity contribution >= 4 is 17.3 Å². The van der Waals surface area contributed by atoms with Gasteiger partial charge in [-0.1, -0.05) is 11.6 Å². The summed E-state index contributed by atoms with van der Waals surface area (Å²) in [5.74, 6) is -0.316. The van der Waals surface area contributed by atoms with Crippen molar-refractivity contribution in [1.82, 2.24) is 4.98 Å². The van der Waals surface area contributed by atoms with Gasteiger partial charge in [-0.05, 0) is 30.3 Å². The molecule has 0 fully saturated rings. The first-order valence-corrected chi connectivity index (χ1v) is 5.77. The lowest BCUT2D eigenvalue weighted by molar-refractivity contribution is 0.286. The van der Waals surface area contributed by atoms with E-state index in [2.05, 4.69) is 10.3 Å². The van der Waals surface area contributed by atoms with E-state index in [0.717, 1.165) is 11.4 Å². The van der Waals surface area contributed by atoms with Crippen molar-refractivity contribution in [3.63, 3.8) is 0 Å². The lowest BCUT2D eigenvalue weighted by Gasteiger charge is -2.08. The van der Waals surface area contributed by atoms with Gasteiger partial charge in [0.05, 0.1) is 5.69 Å². The van der Waals surface area contributed by atoms with E-state index in [1.807, 2.05) is 19.2 Å². The minimum Gasteiger partial charge on any atom is -0.484 e. The largest absolute Gasteiger partial charge is 0.484 e. The summed E-state index contributed by atoms with van der Waals surface area (Å²) in [4.78, 5) is 4.14. The minimum absolute atomic E-state index is 0.163. The van der Waals surface area contributed by atoms with Crippen LogP contribution in [0.1, 0.15) is 5.69 Å². The maximum Gasteiger partial charge on any atom is 0.166 e. The van der Waals surface area contributed by atoms with Gasteiger partial charge in [0.1, 0.15) is 6.61 Å². The average molecular weight is 267 g/mol. The molecule has 18 heavy (non-hydrogen) atoms. The third-order valence-corrected chi connectivity index (χ3v) is 2.61. The van der Waals surface area contributed by atoms with Gasteiger partial charge in [-0.15, -0.1) is 0 Å². The predicted octanol–water partition coefficient (Wildman–Crippen LogP) is 3.49. The molecule has 0 saturated carbocycles. The predicted molar refractivity (Wildman–Crippen MR) is 69.5 cm³/mol. The molecule has 2 rings (SSSR count). The van der Waals surface area contributed by atoms with Gasteiger partial charge in [0, 0.05) is 24.0 Å². The Morgan fingerprint density at radius 1 is 1.33 bits per heavy atom. The molecule has 0 aliphatic carbocycles. The van der Waals surface area contributed by atoms with Crippen LogP contribution in [0, 0.1) is 5.82 Å². The molecule has 2 aromatic rings. The molecule has 0 unspecified atom stereocenters. The Morgan fingerprint density at radius 2 is 2.17 bits per heavy atom. The number of hydrogen-bond acceptors (Lipinski definition) is 3. The zero-order valence-electron chi connectivity index (χ0n) is 9.78. The molecule has 94 valence electrons. The molecule has 3 nitrogen and oxygen atoms in total. The molecule has 1 heterocycles. The van der Waals surface area contributed by atoms with Crippen LogP contribution < -0.4 is 10.1 Å². The summed E-state index contributed by atoms with van der Waals surface area (Å²) in [5.41, 5.74) is 1.65. The highest BCUT2D eigenvalue weighted by Gasteiger charge is 2.05. The normalized spacial score (nSPS) is 10.2. The first-order chi connectivity index (χ1) is 8.69. The van der Waals surface area contributed by atoms with Crippen molar-refractivity contribution in [2.75, 3.05) is 12.4 Å². The van der Waals surface area contributed by atoms with Gasteiger partial charge >= 0.3 is 0 Å². The van der Waals surface area contributed by atoms with Gasteiger partial charge in [-0.3, -0.25) is 4.98 Å². The monoisotopic (exact) mass is 266 g/mol. The summed E-state index contributed by atoms with van der Waals surface area (Å²) < 4.78 is 18.8. The summed E-state index contributed by atoms with van der Waals surface area (Å²) in [6.07, 6.45) is 1.67.